The molecule has 0 aromatic heterocycles. The van der Waals surface area contributed by atoms with E-state index in [1.807, 2.05) is 0 Å². The number of carbonyl (C=O) groups excluding carboxylic acids is 1. The smallest absolute Gasteiger partial charge is 0.312 e. The van der Waals surface area contributed by atoms with Crippen molar-refractivity contribution in [2.45, 2.75) is 39.2 Å². The Morgan fingerprint density at radius 1 is 1.24 bits per heavy atom. The zero-order chi connectivity index (χ0) is 12.6. The molecule has 0 aromatic rings. The number of rotatable bonds is 2. The second-order valence-corrected chi connectivity index (χ2v) is 6.84. The lowest BCUT2D eigenvalue weighted by molar-refractivity contribution is -0.163. The lowest BCUT2D eigenvalue weighted by Gasteiger charge is -2.61. The summed E-state index contributed by atoms with van der Waals surface area (Å²) in [5.74, 6) is 1.16. The van der Waals surface area contributed by atoms with Crippen molar-refractivity contribution in [3.63, 3.8) is 0 Å². The lowest BCUT2D eigenvalue weighted by Crippen LogP contribution is -2.57. The minimum Gasteiger partial charge on any atom is -0.469 e. The topological polar surface area (TPSA) is 35.5 Å². The van der Waals surface area contributed by atoms with Crippen LogP contribution in [0.2, 0.25) is 0 Å². The van der Waals surface area contributed by atoms with Crippen molar-refractivity contribution >= 4 is 5.97 Å². The van der Waals surface area contributed by atoms with Crippen molar-refractivity contribution in [3.8, 4) is 0 Å². The largest absolute Gasteiger partial charge is 0.469 e. The Morgan fingerprint density at radius 3 is 2.35 bits per heavy atom. The predicted molar refractivity (Wildman–Crippen MR) is 63.3 cm³/mol. The number of ether oxygens (including phenoxy) is 2. The van der Waals surface area contributed by atoms with Crippen LogP contribution in [-0.4, -0.2) is 25.8 Å². The first-order valence-electron chi connectivity index (χ1n) is 6.49. The molecule has 4 fully saturated rings. The quantitative estimate of drug-likeness (QED) is 0.692. The molecule has 4 saturated carbocycles. The fraction of sp³-hybridized carbons (Fsp3) is 0.929. The average Bonchev–Trinajstić information content (AvgIpc) is 2.88. The van der Waals surface area contributed by atoms with E-state index in [1.165, 1.54) is 13.5 Å². The highest BCUT2D eigenvalue weighted by Crippen LogP contribution is 2.83. The maximum Gasteiger partial charge on any atom is 0.312 e. The average molecular weight is 238 g/mol. The molecule has 0 unspecified atom stereocenters. The molecule has 0 N–H and O–H groups in total. The molecule has 0 heterocycles. The number of carbonyl (C=O) groups is 1. The third-order valence-electron chi connectivity index (χ3n) is 6.44. The Labute approximate surface area is 103 Å². The second kappa shape index (κ2) is 2.87. The van der Waals surface area contributed by atoms with Gasteiger partial charge in [0.15, 0.2) is 0 Å². The van der Waals surface area contributed by atoms with Crippen molar-refractivity contribution in [1.82, 2.24) is 0 Å². The molecule has 4 aliphatic carbocycles. The van der Waals surface area contributed by atoms with Crippen LogP contribution < -0.4 is 0 Å². The standard InChI is InChI=1S/C14H22O3/c1-12(2)8-6-9(12)13(3)10(11(15)16-4)14(13,7-8)17-5/h8-10H,6-7H2,1-5H3/t8-,9-,10+,13+,14+/m1/s1. The zero-order valence-corrected chi connectivity index (χ0v) is 11.4. The molecular weight excluding hydrogens is 216 g/mol. The maximum atomic E-state index is 12.0. The zero-order valence-electron chi connectivity index (χ0n) is 11.4. The molecule has 0 aliphatic heterocycles. The van der Waals surface area contributed by atoms with Gasteiger partial charge in [-0.15, -0.1) is 0 Å². The molecule has 0 aromatic carbocycles. The first-order valence-corrected chi connectivity index (χ1v) is 6.49. The van der Waals surface area contributed by atoms with E-state index in [0.29, 0.717) is 17.3 Å². The fourth-order valence-corrected chi connectivity index (χ4v) is 5.24. The lowest BCUT2D eigenvalue weighted by atomic mass is 9.45. The minimum absolute atomic E-state index is 0.00685. The molecule has 96 valence electrons. The van der Waals surface area contributed by atoms with Gasteiger partial charge in [0.2, 0.25) is 0 Å². The number of methoxy groups -OCH3 is 2. The first-order chi connectivity index (χ1) is 7.86. The molecule has 4 rings (SSSR count). The highest BCUT2D eigenvalue weighted by atomic mass is 16.5. The summed E-state index contributed by atoms with van der Waals surface area (Å²) in [6.07, 6.45) is 2.27. The molecule has 3 nitrogen and oxygen atoms in total. The van der Waals surface area contributed by atoms with Gasteiger partial charge < -0.3 is 9.47 Å². The maximum absolute atomic E-state index is 12.0. The van der Waals surface area contributed by atoms with Gasteiger partial charge in [-0.25, -0.2) is 0 Å². The third-order valence-corrected chi connectivity index (χ3v) is 6.44. The number of hydrogen-bond donors (Lipinski definition) is 0. The fourth-order valence-electron chi connectivity index (χ4n) is 5.24. The van der Waals surface area contributed by atoms with Gasteiger partial charge in [-0.2, -0.15) is 0 Å². The van der Waals surface area contributed by atoms with Gasteiger partial charge in [0.1, 0.15) is 0 Å². The van der Waals surface area contributed by atoms with E-state index >= 15 is 0 Å². The molecule has 17 heavy (non-hydrogen) atoms. The highest BCUT2D eigenvalue weighted by Gasteiger charge is 2.87. The van der Waals surface area contributed by atoms with Crippen LogP contribution in [0.3, 0.4) is 0 Å². The van der Waals surface area contributed by atoms with Crippen LogP contribution in [0.1, 0.15) is 33.6 Å². The van der Waals surface area contributed by atoms with Crippen LogP contribution in [0.15, 0.2) is 0 Å². The summed E-state index contributed by atoms with van der Waals surface area (Å²) in [5.41, 5.74) is 0.121. The Morgan fingerprint density at radius 2 is 1.88 bits per heavy atom. The van der Waals surface area contributed by atoms with Crippen molar-refractivity contribution in [1.29, 1.82) is 0 Å². The Balaban J connectivity index is 1.99. The summed E-state index contributed by atoms with van der Waals surface area (Å²) in [6.45, 7) is 6.90. The van der Waals surface area contributed by atoms with E-state index in [1.54, 1.807) is 7.11 Å². The molecule has 0 amide bonds. The Hall–Kier alpha value is -0.570. The predicted octanol–water partition coefficient (Wildman–Crippen LogP) is 2.25. The van der Waals surface area contributed by atoms with E-state index in [9.17, 15) is 4.79 Å². The van der Waals surface area contributed by atoms with E-state index in [2.05, 4.69) is 20.8 Å². The van der Waals surface area contributed by atoms with Gasteiger partial charge in [0, 0.05) is 12.5 Å². The van der Waals surface area contributed by atoms with Gasteiger partial charge in [0.25, 0.3) is 0 Å². The summed E-state index contributed by atoms with van der Waals surface area (Å²) in [7, 11) is 3.23. The van der Waals surface area contributed by atoms with E-state index in [-0.39, 0.29) is 22.9 Å². The van der Waals surface area contributed by atoms with Gasteiger partial charge in [-0.1, -0.05) is 20.8 Å². The van der Waals surface area contributed by atoms with Crippen LogP contribution in [-0.2, 0) is 14.3 Å². The normalized spacial score (nSPS) is 53.4. The van der Waals surface area contributed by atoms with Crippen LogP contribution in [0.4, 0.5) is 0 Å². The van der Waals surface area contributed by atoms with Crippen molar-refractivity contribution in [3.05, 3.63) is 0 Å². The van der Waals surface area contributed by atoms with Crippen molar-refractivity contribution in [2.75, 3.05) is 14.2 Å². The number of esters is 1. The molecule has 3 heteroatoms. The molecule has 0 radical (unpaired) electrons. The van der Waals surface area contributed by atoms with Gasteiger partial charge in [0.05, 0.1) is 18.6 Å². The SMILES string of the molecule is COC(=O)[C@H]1[C@]2(C)[C@@H]3C[C@H](C[C@]12OC)C3(C)C. The summed E-state index contributed by atoms with van der Waals surface area (Å²) in [4.78, 5) is 12.0. The summed E-state index contributed by atoms with van der Waals surface area (Å²) < 4.78 is 10.8. The Kier molecular flexibility index (Phi) is 1.95. The molecular formula is C14H22O3. The molecule has 5 atom stereocenters. The van der Waals surface area contributed by atoms with E-state index in [0.717, 1.165) is 6.42 Å². The summed E-state index contributed by atoms with van der Waals surface area (Å²) >= 11 is 0. The van der Waals surface area contributed by atoms with Crippen LogP contribution in [0.25, 0.3) is 0 Å². The van der Waals surface area contributed by atoms with E-state index in [4.69, 9.17) is 9.47 Å². The van der Waals surface area contributed by atoms with Crippen LogP contribution in [0, 0.1) is 28.6 Å². The van der Waals surface area contributed by atoms with Crippen LogP contribution in [0.5, 0.6) is 0 Å². The van der Waals surface area contributed by atoms with Gasteiger partial charge in [-0.3, -0.25) is 4.79 Å². The summed E-state index contributed by atoms with van der Waals surface area (Å²) in [5, 5.41) is 0. The second-order valence-electron chi connectivity index (χ2n) is 6.84. The summed E-state index contributed by atoms with van der Waals surface area (Å²) in [6, 6.07) is 0. The highest BCUT2D eigenvalue weighted by molar-refractivity contribution is 5.81. The Bertz CT molecular complexity index is 389. The molecule has 2 bridgehead atoms. The monoisotopic (exact) mass is 238 g/mol. The van der Waals surface area contributed by atoms with E-state index < -0.39 is 0 Å². The van der Waals surface area contributed by atoms with Crippen molar-refractivity contribution in [2.24, 2.45) is 28.6 Å². The molecule has 4 aliphatic rings. The van der Waals surface area contributed by atoms with Gasteiger partial charge in [-0.05, 0) is 30.1 Å². The third kappa shape index (κ3) is 0.939. The molecule has 0 saturated heterocycles. The number of hydrogen-bond acceptors (Lipinski definition) is 3. The first kappa shape index (κ1) is 11.5. The van der Waals surface area contributed by atoms with Crippen molar-refractivity contribution < 1.29 is 14.3 Å². The molecule has 0 spiro atoms. The minimum atomic E-state index is -0.233. The van der Waals surface area contributed by atoms with Gasteiger partial charge >= 0.3 is 5.97 Å². The van der Waals surface area contributed by atoms with Crippen LogP contribution >= 0.6 is 0 Å².